The Balaban J connectivity index is 2.52. The lowest BCUT2D eigenvalue weighted by molar-refractivity contribution is -0.146. The molecule has 1 unspecified atom stereocenters. The number of ether oxygens (including phenoxy) is 1. The van der Waals surface area contributed by atoms with Crippen molar-refractivity contribution >= 4 is 5.97 Å². The first-order valence-corrected chi connectivity index (χ1v) is 12.4. The largest absolute Gasteiger partial charge is 0.498 e. The molecule has 2 N–H and O–H groups in total. The molecule has 1 atom stereocenters. The standard InChI is InChI=1S/C26H48N2O3/c1-7-26(6,8-2)28(9-3)24(25(29)30)20-21(4)13-14-22(5)31-19-11-10-12-23-15-17-27-18-16-23/h13-14,23-24,27H,7-12,15-20H2,1-6H3,(H,29,30)/b21-13+,22-14+. The summed E-state index contributed by atoms with van der Waals surface area (Å²) in [5.41, 5.74) is 0.968. The summed E-state index contributed by atoms with van der Waals surface area (Å²) >= 11 is 0. The summed E-state index contributed by atoms with van der Waals surface area (Å²) < 4.78 is 5.87. The predicted octanol–water partition coefficient (Wildman–Crippen LogP) is 5.77. The van der Waals surface area contributed by atoms with Gasteiger partial charge in [-0.15, -0.1) is 0 Å². The van der Waals surface area contributed by atoms with Crippen LogP contribution < -0.4 is 5.32 Å². The van der Waals surface area contributed by atoms with Crippen LogP contribution in [0.2, 0.25) is 0 Å². The van der Waals surface area contributed by atoms with Crippen LogP contribution in [0.1, 0.15) is 92.9 Å². The van der Waals surface area contributed by atoms with Gasteiger partial charge in [0.05, 0.1) is 12.4 Å². The lowest BCUT2D eigenvalue weighted by Gasteiger charge is -2.43. The van der Waals surface area contributed by atoms with Gasteiger partial charge in [-0.3, -0.25) is 9.69 Å². The first-order chi connectivity index (χ1) is 14.8. The van der Waals surface area contributed by atoms with Crippen molar-refractivity contribution in [1.82, 2.24) is 10.2 Å². The summed E-state index contributed by atoms with van der Waals surface area (Å²) in [4.78, 5) is 14.2. The number of hydrogen-bond acceptors (Lipinski definition) is 4. The molecule has 0 saturated carbocycles. The Kier molecular flexibility index (Phi) is 13.1. The van der Waals surface area contributed by atoms with E-state index in [4.69, 9.17) is 4.74 Å². The lowest BCUT2D eigenvalue weighted by atomic mass is 9.89. The highest BCUT2D eigenvalue weighted by molar-refractivity contribution is 5.74. The van der Waals surface area contributed by atoms with E-state index in [1.54, 1.807) is 0 Å². The number of carboxylic acid groups (broad SMARTS) is 1. The Morgan fingerprint density at radius 3 is 2.35 bits per heavy atom. The van der Waals surface area contributed by atoms with Crippen molar-refractivity contribution < 1.29 is 14.6 Å². The van der Waals surface area contributed by atoms with Gasteiger partial charge in [0.1, 0.15) is 6.04 Å². The van der Waals surface area contributed by atoms with Gasteiger partial charge in [-0.2, -0.15) is 0 Å². The number of hydrogen-bond donors (Lipinski definition) is 2. The molecule has 1 fully saturated rings. The van der Waals surface area contributed by atoms with Crippen LogP contribution in [0.3, 0.4) is 0 Å². The van der Waals surface area contributed by atoms with E-state index in [9.17, 15) is 9.90 Å². The van der Waals surface area contributed by atoms with Crippen molar-refractivity contribution in [2.45, 2.75) is 104 Å². The number of likely N-dealkylation sites (N-methyl/N-ethyl adjacent to an activating group) is 1. The second-order valence-electron chi connectivity index (χ2n) is 9.38. The van der Waals surface area contributed by atoms with Gasteiger partial charge in [0.25, 0.3) is 0 Å². The number of carboxylic acids is 1. The van der Waals surface area contributed by atoms with Crippen LogP contribution in [0.5, 0.6) is 0 Å². The van der Waals surface area contributed by atoms with Gasteiger partial charge in [0.15, 0.2) is 0 Å². The van der Waals surface area contributed by atoms with Crippen LogP contribution in [-0.2, 0) is 9.53 Å². The maximum absolute atomic E-state index is 12.1. The Hall–Kier alpha value is -1.33. The molecular formula is C26H48N2O3. The summed E-state index contributed by atoms with van der Waals surface area (Å²) in [6.45, 7) is 16.3. The van der Waals surface area contributed by atoms with Gasteiger partial charge in [-0.1, -0.05) is 38.8 Å². The molecule has 0 spiro atoms. The average molecular weight is 437 g/mol. The molecule has 0 aromatic heterocycles. The van der Waals surface area contributed by atoms with Crippen molar-refractivity contribution in [3.63, 3.8) is 0 Å². The molecule has 0 aromatic carbocycles. The average Bonchev–Trinajstić information content (AvgIpc) is 2.77. The highest BCUT2D eigenvalue weighted by Gasteiger charge is 2.36. The zero-order valence-electron chi connectivity index (χ0n) is 21.0. The number of piperidine rings is 1. The third-order valence-corrected chi connectivity index (χ3v) is 7.13. The highest BCUT2D eigenvalue weighted by Crippen LogP contribution is 2.28. The van der Waals surface area contributed by atoms with E-state index in [-0.39, 0.29) is 5.54 Å². The Morgan fingerprint density at radius 1 is 1.16 bits per heavy atom. The molecule has 0 aliphatic carbocycles. The molecular weight excluding hydrogens is 388 g/mol. The first-order valence-electron chi connectivity index (χ1n) is 12.4. The van der Waals surface area contributed by atoms with E-state index in [0.29, 0.717) is 6.42 Å². The fourth-order valence-corrected chi connectivity index (χ4v) is 4.58. The maximum atomic E-state index is 12.1. The molecule has 31 heavy (non-hydrogen) atoms. The Labute approximate surface area is 191 Å². The van der Waals surface area contributed by atoms with Gasteiger partial charge >= 0.3 is 5.97 Å². The molecule has 180 valence electrons. The summed E-state index contributed by atoms with van der Waals surface area (Å²) in [7, 11) is 0. The second-order valence-corrected chi connectivity index (χ2v) is 9.38. The van der Waals surface area contributed by atoms with Gasteiger partial charge in [-0.25, -0.2) is 0 Å². The SMILES string of the molecule is CCN(C(C/C(C)=C/C=C(\C)OCCCCC1CCNCC1)C(=O)O)C(C)(CC)CC. The third-order valence-electron chi connectivity index (χ3n) is 7.13. The molecule has 5 heteroatoms. The summed E-state index contributed by atoms with van der Waals surface area (Å²) in [5.74, 6) is 1.04. The number of rotatable bonds is 15. The summed E-state index contributed by atoms with van der Waals surface area (Å²) in [6.07, 6.45) is 12.7. The van der Waals surface area contributed by atoms with Crippen LogP contribution in [-0.4, -0.2) is 53.8 Å². The van der Waals surface area contributed by atoms with Crippen molar-refractivity contribution in [3.05, 3.63) is 23.5 Å². The van der Waals surface area contributed by atoms with E-state index in [0.717, 1.165) is 49.7 Å². The molecule has 1 heterocycles. The Morgan fingerprint density at radius 2 is 1.81 bits per heavy atom. The van der Waals surface area contributed by atoms with E-state index in [1.807, 2.05) is 26.0 Å². The van der Waals surface area contributed by atoms with Crippen molar-refractivity contribution in [3.8, 4) is 0 Å². The minimum Gasteiger partial charge on any atom is -0.498 e. The second kappa shape index (κ2) is 14.7. The lowest BCUT2D eigenvalue weighted by Crippen LogP contribution is -2.54. The Bertz CT molecular complexity index is 575. The fourth-order valence-electron chi connectivity index (χ4n) is 4.58. The highest BCUT2D eigenvalue weighted by atomic mass is 16.5. The van der Waals surface area contributed by atoms with Crippen LogP contribution >= 0.6 is 0 Å². The van der Waals surface area contributed by atoms with Crippen LogP contribution in [0.15, 0.2) is 23.5 Å². The normalized spacial score (nSPS) is 17.8. The molecule has 1 aliphatic rings. The van der Waals surface area contributed by atoms with Crippen molar-refractivity contribution in [1.29, 1.82) is 0 Å². The fraction of sp³-hybridized carbons (Fsp3) is 0.808. The monoisotopic (exact) mass is 436 g/mol. The minimum atomic E-state index is -0.742. The van der Waals surface area contributed by atoms with E-state index in [2.05, 4.69) is 37.9 Å². The van der Waals surface area contributed by atoms with E-state index < -0.39 is 12.0 Å². The topological polar surface area (TPSA) is 61.8 Å². The van der Waals surface area contributed by atoms with Gasteiger partial charge in [0, 0.05) is 5.54 Å². The van der Waals surface area contributed by atoms with Crippen LogP contribution in [0.25, 0.3) is 0 Å². The quantitative estimate of drug-likeness (QED) is 0.194. The summed E-state index contributed by atoms with van der Waals surface area (Å²) in [5, 5.41) is 13.3. The first kappa shape index (κ1) is 27.7. The number of unbranched alkanes of at least 4 members (excludes halogenated alkanes) is 1. The number of nitrogens with one attached hydrogen (secondary N) is 1. The minimum absolute atomic E-state index is 0.0961. The molecule has 0 amide bonds. The maximum Gasteiger partial charge on any atom is 0.321 e. The molecule has 0 bridgehead atoms. The van der Waals surface area contributed by atoms with Crippen LogP contribution in [0.4, 0.5) is 0 Å². The third kappa shape index (κ3) is 9.78. The van der Waals surface area contributed by atoms with Gasteiger partial charge in [0.2, 0.25) is 0 Å². The van der Waals surface area contributed by atoms with E-state index >= 15 is 0 Å². The van der Waals surface area contributed by atoms with E-state index in [1.165, 1.54) is 38.8 Å². The zero-order valence-corrected chi connectivity index (χ0v) is 21.0. The number of nitrogens with zero attached hydrogens (tertiary/aromatic N) is 1. The molecule has 0 radical (unpaired) electrons. The molecule has 1 saturated heterocycles. The zero-order chi connectivity index (χ0) is 23.3. The number of carbonyl (C=O) groups is 1. The molecule has 5 nitrogen and oxygen atoms in total. The molecule has 0 aromatic rings. The van der Waals surface area contributed by atoms with Crippen LogP contribution in [0, 0.1) is 5.92 Å². The predicted molar refractivity (Wildman–Crippen MR) is 130 cm³/mol. The number of aliphatic carboxylic acids is 1. The molecule has 1 rings (SSSR count). The van der Waals surface area contributed by atoms with Gasteiger partial charge in [-0.05, 0) is 97.3 Å². The van der Waals surface area contributed by atoms with Gasteiger partial charge < -0.3 is 15.2 Å². The number of allylic oxidation sites excluding steroid dienone is 3. The smallest absolute Gasteiger partial charge is 0.321 e. The van der Waals surface area contributed by atoms with Crippen molar-refractivity contribution in [2.24, 2.45) is 5.92 Å². The van der Waals surface area contributed by atoms with Crippen molar-refractivity contribution in [2.75, 3.05) is 26.2 Å². The summed E-state index contributed by atoms with van der Waals surface area (Å²) in [6, 6.07) is -0.504. The molecule has 1 aliphatic heterocycles.